The smallest absolute Gasteiger partial charge is 0.402 e. The van der Waals surface area contributed by atoms with Crippen LogP contribution in [0.2, 0.25) is 0 Å². The molecule has 0 saturated carbocycles. The zero-order chi connectivity index (χ0) is 13.5. The van der Waals surface area contributed by atoms with Crippen LogP contribution < -0.4 is 0 Å². The molecule has 1 aliphatic carbocycles. The molecular formula is C13H7O5PS. The maximum absolute atomic E-state index is 12.6. The van der Waals surface area contributed by atoms with E-state index in [0.29, 0.717) is 12.0 Å². The van der Waals surface area contributed by atoms with Gasteiger partial charge in [0.1, 0.15) is 0 Å². The summed E-state index contributed by atoms with van der Waals surface area (Å²) in [7, 11) is -3.50. The standard InChI is InChI=1S/C13H7O5PS/c14-12-8-5-7-3-1-2-4-9(7)20-10(8)6-11-13(12)17-19(15,16-11)18-13/h1-4,6H,5H2. The Morgan fingerprint density at radius 2 is 2.05 bits per heavy atom. The Hall–Kier alpha value is -1.33. The van der Waals surface area contributed by atoms with Crippen molar-refractivity contribution < 1.29 is 22.9 Å². The van der Waals surface area contributed by atoms with Crippen molar-refractivity contribution in [2.75, 3.05) is 0 Å². The molecule has 100 valence electrons. The van der Waals surface area contributed by atoms with Gasteiger partial charge < -0.3 is 4.52 Å². The Labute approximate surface area is 118 Å². The minimum atomic E-state index is -3.50. The maximum Gasteiger partial charge on any atom is 0.536 e. The predicted octanol–water partition coefficient (Wildman–Crippen LogP) is 2.94. The van der Waals surface area contributed by atoms with Crippen molar-refractivity contribution >= 4 is 25.4 Å². The Morgan fingerprint density at radius 1 is 1.25 bits per heavy atom. The van der Waals surface area contributed by atoms with Gasteiger partial charge in [-0.1, -0.05) is 30.0 Å². The summed E-state index contributed by atoms with van der Waals surface area (Å²) < 4.78 is 27.1. The molecule has 5 aliphatic rings. The molecule has 6 rings (SSSR count). The first kappa shape index (κ1) is 11.3. The summed E-state index contributed by atoms with van der Waals surface area (Å²) >= 11 is 1.51. The Morgan fingerprint density at radius 3 is 2.90 bits per heavy atom. The number of Topliss-reactive ketones (excluding diaryl/α,β-unsaturated/α-hetero) is 1. The summed E-state index contributed by atoms with van der Waals surface area (Å²) in [6.07, 6.45) is 2.24. The van der Waals surface area contributed by atoms with Crippen LogP contribution in [0.15, 0.2) is 51.5 Å². The van der Waals surface area contributed by atoms with Crippen LogP contribution in [0.4, 0.5) is 0 Å². The molecule has 3 fully saturated rings. The number of carbonyl (C=O) groups is 1. The lowest BCUT2D eigenvalue weighted by molar-refractivity contribution is -0.172. The van der Waals surface area contributed by atoms with Crippen molar-refractivity contribution in [2.45, 2.75) is 17.1 Å². The first-order valence-electron chi connectivity index (χ1n) is 6.07. The number of ketones is 1. The normalized spacial score (nSPS) is 36.4. The number of hydrogen-bond acceptors (Lipinski definition) is 6. The molecule has 1 aromatic rings. The van der Waals surface area contributed by atoms with Crippen LogP contribution in [0, 0.1) is 0 Å². The fraction of sp³-hybridized carbons (Fsp3) is 0.154. The number of phosphoric acid groups is 1. The molecule has 3 saturated heterocycles. The highest BCUT2D eigenvalue weighted by Gasteiger charge is 2.75. The molecule has 0 N–H and O–H groups in total. The molecule has 1 spiro atoms. The van der Waals surface area contributed by atoms with Gasteiger partial charge in [0.2, 0.25) is 5.78 Å². The van der Waals surface area contributed by atoms with E-state index in [4.69, 9.17) is 13.6 Å². The van der Waals surface area contributed by atoms with Crippen molar-refractivity contribution in [2.24, 2.45) is 0 Å². The van der Waals surface area contributed by atoms with Gasteiger partial charge in [-0.2, -0.15) is 0 Å². The lowest BCUT2D eigenvalue weighted by Crippen LogP contribution is -2.48. The summed E-state index contributed by atoms with van der Waals surface area (Å²) in [6.45, 7) is 0. The highest BCUT2D eigenvalue weighted by atomic mass is 32.2. The number of carbonyl (C=O) groups excluding carboxylic acids is 1. The van der Waals surface area contributed by atoms with E-state index in [2.05, 4.69) is 0 Å². The van der Waals surface area contributed by atoms with Crippen molar-refractivity contribution in [3.8, 4) is 0 Å². The lowest BCUT2D eigenvalue weighted by atomic mass is 9.91. The SMILES string of the molecule is O=C1C2=C(C=C3OP4(=O)OC13O4)Sc1ccccc1C2. The van der Waals surface area contributed by atoms with Crippen molar-refractivity contribution in [1.29, 1.82) is 0 Å². The second-order valence-corrected chi connectivity index (χ2v) is 7.43. The summed E-state index contributed by atoms with van der Waals surface area (Å²) in [4.78, 5) is 14.5. The fourth-order valence-electron chi connectivity index (χ4n) is 2.78. The molecule has 7 heteroatoms. The summed E-state index contributed by atoms with van der Waals surface area (Å²) in [5.74, 6) is -1.64. The quantitative estimate of drug-likeness (QED) is 0.687. The predicted molar refractivity (Wildman–Crippen MR) is 69.7 cm³/mol. The van der Waals surface area contributed by atoms with Crippen LogP contribution in [0.1, 0.15) is 5.56 Å². The topological polar surface area (TPSA) is 61.8 Å². The monoisotopic (exact) mass is 306 g/mol. The third-order valence-corrected chi connectivity index (χ3v) is 6.29. The van der Waals surface area contributed by atoms with Gasteiger partial charge in [0.25, 0.3) is 0 Å². The third-order valence-electron chi connectivity index (χ3n) is 3.71. The van der Waals surface area contributed by atoms with Crippen LogP contribution in [-0.2, 0) is 29.4 Å². The number of thioether (sulfide) groups is 1. The number of fused-ring (bicyclic) bond motifs is 1. The Kier molecular flexibility index (Phi) is 1.86. The van der Waals surface area contributed by atoms with E-state index in [1.54, 1.807) is 6.08 Å². The molecule has 2 bridgehead atoms. The molecule has 0 amide bonds. The highest BCUT2D eigenvalue weighted by molar-refractivity contribution is 8.03. The molecule has 5 nitrogen and oxygen atoms in total. The van der Waals surface area contributed by atoms with E-state index in [9.17, 15) is 9.36 Å². The van der Waals surface area contributed by atoms with E-state index in [1.807, 2.05) is 24.3 Å². The average molecular weight is 306 g/mol. The average Bonchev–Trinajstić information content (AvgIpc) is 2.85. The van der Waals surface area contributed by atoms with Crippen LogP contribution >= 0.6 is 19.6 Å². The number of allylic oxidation sites excluding steroid dienone is 1. The molecule has 0 unspecified atom stereocenters. The van der Waals surface area contributed by atoms with Crippen LogP contribution in [-0.4, -0.2) is 11.6 Å². The highest BCUT2D eigenvalue weighted by Crippen LogP contribution is 2.77. The zero-order valence-corrected chi connectivity index (χ0v) is 11.7. The van der Waals surface area contributed by atoms with Crippen molar-refractivity contribution in [3.05, 3.63) is 52.1 Å². The zero-order valence-electron chi connectivity index (χ0n) is 9.99. The first-order chi connectivity index (χ1) is 9.60. The minimum absolute atomic E-state index is 0.219. The maximum atomic E-state index is 12.6. The summed E-state index contributed by atoms with van der Waals surface area (Å²) in [5, 5.41) is 0. The van der Waals surface area contributed by atoms with E-state index in [1.165, 1.54) is 11.8 Å². The van der Waals surface area contributed by atoms with Gasteiger partial charge in [-0.25, -0.2) is 13.6 Å². The van der Waals surface area contributed by atoms with Crippen LogP contribution in [0.3, 0.4) is 0 Å². The van der Waals surface area contributed by atoms with Crippen LogP contribution in [0.25, 0.3) is 0 Å². The van der Waals surface area contributed by atoms with E-state index in [-0.39, 0.29) is 11.5 Å². The van der Waals surface area contributed by atoms with Gasteiger partial charge in [0.05, 0.1) is 0 Å². The van der Waals surface area contributed by atoms with Crippen molar-refractivity contribution in [1.82, 2.24) is 0 Å². The van der Waals surface area contributed by atoms with Crippen molar-refractivity contribution in [3.63, 3.8) is 0 Å². The number of benzene rings is 1. The molecule has 0 aromatic heterocycles. The molecular weight excluding hydrogens is 299 g/mol. The molecule has 0 radical (unpaired) electrons. The molecule has 20 heavy (non-hydrogen) atoms. The van der Waals surface area contributed by atoms with Gasteiger partial charge in [-0.15, -0.1) is 0 Å². The van der Waals surface area contributed by atoms with E-state index >= 15 is 0 Å². The number of rotatable bonds is 0. The van der Waals surface area contributed by atoms with Crippen LogP contribution in [0.5, 0.6) is 0 Å². The van der Waals surface area contributed by atoms with Gasteiger partial charge in [-0.3, -0.25) is 4.79 Å². The second kappa shape index (κ2) is 3.28. The Balaban J connectivity index is 1.65. The molecule has 0 atom stereocenters. The number of phosphoric ester groups is 1. The van der Waals surface area contributed by atoms with Gasteiger partial charge in [0, 0.05) is 21.8 Å². The summed E-state index contributed by atoms with van der Waals surface area (Å²) in [5.41, 5.74) is 1.73. The van der Waals surface area contributed by atoms with E-state index in [0.717, 1.165) is 15.4 Å². The lowest BCUT2D eigenvalue weighted by Gasteiger charge is -2.34. The van der Waals surface area contributed by atoms with Gasteiger partial charge >= 0.3 is 13.6 Å². The molecule has 4 heterocycles. The van der Waals surface area contributed by atoms with E-state index < -0.39 is 13.6 Å². The van der Waals surface area contributed by atoms with Gasteiger partial charge in [0.15, 0.2) is 5.76 Å². The largest absolute Gasteiger partial charge is 0.536 e. The third kappa shape index (κ3) is 1.19. The Bertz CT molecular complexity index is 799. The second-order valence-electron chi connectivity index (χ2n) is 4.90. The minimum Gasteiger partial charge on any atom is -0.402 e. The molecule has 1 aromatic carbocycles. The summed E-state index contributed by atoms with van der Waals surface area (Å²) in [6, 6.07) is 7.92. The fourth-order valence-corrected chi connectivity index (χ4v) is 5.37. The number of hydrogen-bond donors (Lipinski definition) is 0. The first-order valence-corrected chi connectivity index (χ1v) is 8.34. The van der Waals surface area contributed by atoms with Gasteiger partial charge in [-0.05, 0) is 17.7 Å². The molecule has 4 aliphatic heterocycles.